The number of amidine groups is 1. The van der Waals surface area contributed by atoms with Crippen molar-refractivity contribution in [1.82, 2.24) is 4.98 Å². The largest absolute Gasteiger partial charge is 0.463 e. The number of aliphatic imine (C=N–C) groups is 1. The molecule has 1 aliphatic rings. The Hall–Kier alpha value is -2.09. The third kappa shape index (κ3) is 4.22. The minimum atomic E-state index is -0.206. The zero-order chi connectivity index (χ0) is 17.0. The van der Waals surface area contributed by atoms with Crippen molar-refractivity contribution >= 4 is 26.0 Å². The smallest absolute Gasteiger partial charge is 0.308 e. The molecule has 0 aromatic carbocycles. The second-order valence-corrected chi connectivity index (χ2v) is 6.15. The van der Waals surface area contributed by atoms with Crippen LogP contribution in [0.2, 0.25) is 5.82 Å². The Morgan fingerprint density at radius 2 is 2.39 bits per heavy atom. The third-order valence-corrected chi connectivity index (χ3v) is 3.87. The van der Waals surface area contributed by atoms with Gasteiger partial charge in [0, 0.05) is 5.69 Å². The van der Waals surface area contributed by atoms with Crippen molar-refractivity contribution in [3.63, 3.8) is 0 Å². The van der Waals surface area contributed by atoms with Crippen LogP contribution in [-0.4, -0.2) is 43.7 Å². The average molecular weight is 318 g/mol. The van der Waals surface area contributed by atoms with Crippen molar-refractivity contribution in [2.24, 2.45) is 16.6 Å². The molecule has 2 rings (SSSR count). The van der Waals surface area contributed by atoms with E-state index in [0.717, 1.165) is 18.5 Å². The molecule has 0 spiro atoms. The highest BCUT2D eigenvalue weighted by Gasteiger charge is 2.34. The number of aromatic amines is 1. The molecule has 0 aliphatic carbocycles. The number of nitrogens with two attached hydrogens (primary N) is 1. The number of H-pyrrole nitrogens is 1. The molecule has 0 bridgehead atoms. The molecule has 0 saturated carbocycles. The van der Waals surface area contributed by atoms with Crippen molar-refractivity contribution in [3.8, 4) is 0 Å². The average Bonchev–Trinajstić information content (AvgIpc) is 3.11. The Morgan fingerprint density at radius 3 is 3.04 bits per heavy atom. The van der Waals surface area contributed by atoms with Crippen LogP contribution < -0.4 is 5.73 Å². The number of esters is 1. The third-order valence-electron chi connectivity index (χ3n) is 3.87. The van der Waals surface area contributed by atoms with E-state index in [1.54, 1.807) is 0 Å². The second kappa shape index (κ2) is 7.46. The monoisotopic (exact) mass is 318 g/mol. The first kappa shape index (κ1) is 17.3. The summed E-state index contributed by atoms with van der Waals surface area (Å²) >= 11 is 0. The molecule has 0 amide bonds. The van der Waals surface area contributed by atoms with E-state index in [-0.39, 0.29) is 36.5 Å². The van der Waals surface area contributed by atoms with Crippen LogP contribution in [0.25, 0.3) is 0 Å². The summed E-state index contributed by atoms with van der Waals surface area (Å²) in [6.07, 6.45) is 1.54. The van der Waals surface area contributed by atoms with Crippen LogP contribution in [0, 0.1) is 11.3 Å². The summed E-state index contributed by atoms with van der Waals surface area (Å²) in [5.41, 5.74) is 7.33. The number of carbonyl (C=O) groups excluding carboxylic acids is 1. The number of hydrogen-bond acceptors (Lipinski definition) is 4. The predicted octanol–water partition coefficient (Wildman–Crippen LogP) is 0.778. The molecule has 2 heterocycles. The quantitative estimate of drug-likeness (QED) is 0.311. The van der Waals surface area contributed by atoms with Crippen LogP contribution in [0.4, 0.5) is 0 Å². The summed E-state index contributed by atoms with van der Waals surface area (Å²) in [7, 11) is 2.10. The molecule has 7 nitrogen and oxygen atoms in total. The fourth-order valence-electron chi connectivity index (χ4n) is 2.63. The maximum Gasteiger partial charge on any atom is 0.308 e. The lowest BCUT2D eigenvalue weighted by Crippen LogP contribution is -2.21. The van der Waals surface area contributed by atoms with Gasteiger partial charge in [-0.1, -0.05) is 13.8 Å². The molecule has 0 radical (unpaired) electrons. The molecule has 1 unspecified atom stereocenters. The maximum atomic E-state index is 11.5. The van der Waals surface area contributed by atoms with Gasteiger partial charge >= 0.3 is 5.97 Å². The topological polar surface area (TPSA) is 114 Å². The van der Waals surface area contributed by atoms with Gasteiger partial charge in [-0.3, -0.25) is 10.2 Å². The van der Waals surface area contributed by atoms with Gasteiger partial charge in [-0.2, -0.15) is 0 Å². The van der Waals surface area contributed by atoms with Gasteiger partial charge in [0.15, 0.2) is 0 Å². The van der Waals surface area contributed by atoms with Gasteiger partial charge in [-0.15, -0.1) is 0 Å². The van der Waals surface area contributed by atoms with E-state index in [0.29, 0.717) is 11.5 Å². The standard InChI is InChI=1S/C15H23BN4O3/c1-8(2)15(21)22-6-9-5-10(16)13(23-9)11-3-4-12(20-11)14(18)19-7-17/h3-4,7-10,13,20H,5-6,16H2,1-2H3,(H3,17,18,19)/t9?,10-,13+/m0/s1. The lowest BCUT2D eigenvalue weighted by atomic mass is 9.79. The van der Waals surface area contributed by atoms with Gasteiger partial charge < -0.3 is 20.2 Å². The first-order chi connectivity index (χ1) is 10.9. The number of rotatable bonds is 6. The summed E-state index contributed by atoms with van der Waals surface area (Å²) < 4.78 is 11.3. The molecule has 1 aromatic rings. The van der Waals surface area contributed by atoms with Crippen LogP contribution in [0.3, 0.4) is 0 Å². The van der Waals surface area contributed by atoms with Crippen LogP contribution in [0.5, 0.6) is 0 Å². The fraction of sp³-hybridized carbons (Fsp3) is 0.533. The SMILES string of the molecule is B[C@H]1CC(COC(=O)C(C)C)O[C@H]1c1ccc(/C(N)=N\C=N)[nH]1. The maximum absolute atomic E-state index is 11.5. The number of aromatic nitrogens is 1. The Kier molecular flexibility index (Phi) is 5.60. The van der Waals surface area contributed by atoms with E-state index in [1.807, 2.05) is 26.0 Å². The summed E-state index contributed by atoms with van der Waals surface area (Å²) in [4.78, 5) is 18.5. The van der Waals surface area contributed by atoms with Crippen molar-refractivity contribution in [1.29, 1.82) is 5.41 Å². The number of nitrogens with zero attached hydrogens (tertiary/aromatic N) is 1. The zero-order valence-corrected chi connectivity index (χ0v) is 13.7. The molecule has 1 saturated heterocycles. The highest BCUT2D eigenvalue weighted by atomic mass is 16.6. The first-order valence-corrected chi connectivity index (χ1v) is 7.76. The van der Waals surface area contributed by atoms with E-state index < -0.39 is 0 Å². The fourth-order valence-corrected chi connectivity index (χ4v) is 2.63. The second-order valence-electron chi connectivity index (χ2n) is 6.15. The Labute approximate surface area is 136 Å². The number of carbonyl (C=O) groups is 1. The van der Waals surface area contributed by atoms with Crippen molar-refractivity contribution in [2.45, 2.75) is 38.3 Å². The molecule has 23 heavy (non-hydrogen) atoms. The van der Waals surface area contributed by atoms with Crippen molar-refractivity contribution < 1.29 is 14.3 Å². The molecule has 1 aromatic heterocycles. The zero-order valence-electron chi connectivity index (χ0n) is 13.7. The summed E-state index contributed by atoms with van der Waals surface area (Å²) in [6.45, 7) is 3.90. The first-order valence-electron chi connectivity index (χ1n) is 7.76. The molecule has 124 valence electrons. The highest BCUT2D eigenvalue weighted by molar-refractivity contribution is 6.12. The molecule has 3 atom stereocenters. The molecular formula is C15H23BN4O3. The summed E-state index contributed by atoms with van der Waals surface area (Å²) in [5, 5.41) is 6.95. The number of ether oxygens (including phenoxy) is 2. The number of nitrogens with one attached hydrogen (secondary N) is 2. The van der Waals surface area contributed by atoms with Crippen LogP contribution in [0.1, 0.15) is 37.8 Å². The van der Waals surface area contributed by atoms with Crippen LogP contribution in [0.15, 0.2) is 17.1 Å². The minimum absolute atomic E-state index is 0.0979. The van der Waals surface area contributed by atoms with Crippen molar-refractivity contribution in [3.05, 3.63) is 23.5 Å². The number of hydrogen-bond donors (Lipinski definition) is 3. The van der Waals surface area contributed by atoms with Crippen LogP contribution >= 0.6 is 0 Å². The van der Waals surface area contributed by atoms with Gasteiger partial charge in [-0.05, 0) is 24.4 Å². The molecule has 4 N–H and O–H groups in total. The summed E-state index contributed by atoms with van der Waals surface area (Å²) in [5.74, 6) is 0.221. The van der Waals surface area contributed by atoms with E-state index in [1.165, 1.54) is 0 Å². The van der Waals surface area contributed by atoms with E-state index in [4.69, 9.17) is 20.6 Å². The van der Waals surface area contributed by atoms with Gasteiger partial charge in [0.25, 0.3) is 0 Å². The Bertz CT molecular complexity index is 599. The van der Waals surface area contributed by atoms with Gasteiger partial charge in [-0.25, -0.2) is 4.99 Å². The van der Waals surface area contributed by atoms with Crippen molar-refractivity contribution in [2.75, 3.05) is 6.61 Å². The molecular weight excluding hydrogens is 295 g/mol. The highest BCUT2D eigenvalue weighted by Crippen LogP contribution is 2.40. The molecule has 1 fully saturated rings. The van der Waals surface area contributed by atoms with Gasteiger partial charge in [0.05, 0.1) is 23.8 Å². The van der Waals surface area contributed by atoms with Gasteiger partial charge in [0.2, 0.25) is 0 Å². The Balaban J connectivity index is 1.98. The van der Waals surface area contributed by atoms with Crippen LogP contribution in [-0.2, 0) is 14.3 Å². The predicted molar refractivity (Wildman–Crippen MR) is 90.6 cm³/mol. The Morgan fingerprint density at radius 1 is 1.65 bits per heavy atom. The minimum Gasteiger partial charge on any atom is -0.463 e. The molecule has 8 heteroatoms. The summed E-state index contributed by atoms with van der Waals surface area (Å²) in [6, 6.07) is 3.73. The normalized spacial score (nSPS) is 24.8. The van der Waals surface area contributed by atoms with E-state index in [9.17, 15) is 4.79 Å². The van der Waals surface area contributed by atoms with E-state index in [2.05, 4.69) is 17.8 Å². The van der Waals surface area contributed by atoms with E-state index >= 15 is 0 Å². The molecule has 1 aliphatic heterocycles. The lowest BCUT2D eigenvalue weighted by Gasteiger charge is -2.15. The lowest BCUT2D eigenvalue weighted by molar-refractivity contribution is -0.151. The van der Waals surface area contributed by atoms with Gasteiger partial charge in [0.1, 0.15) is 26.6 Å².